The van der Waals surface area contributed by atoms with Crippen LogP contribution in [0.2, 0.25) is 0 Å². The van der Waals surface area contributed by atoms with Crippen LogP contribution in [0.1, 0.15) is 49.1 Å². The summed E-state index contributed by atoms with van der Waals surface area (Å²) in [6.07, 6.45) is 0.997. The van der Waals surface area contributed by atoms with Gasteiger partial charge in [-0.1, -0.05) is 63.2 Å². The summed E-state index contributed by atoms with van der Waals surface area (Å²) in [6.45, 7) is 10.8. The Bertz CT molecular complexity index is 839. The highest BCUT2D eigenvalue weighted by atomic mass is 16.2. The zero-order valence-electron chi connectivity index (χ0n) is 19.1. The molecule has 162 valence electrons. The zero-order chi connectivity index (χ0) is 22.3. The van der Waals surface area contributed by atoms with Crippen molar-refractivity contribution in [2.24, 2.45) is 5.92 Å². The third-order valence-corrected chi connectivity index (χ3v) is 5.40. The molecular weight excluding hydrogens is 374 g/mol. The Morgan fingerprint density at radius 3 is 2.03 bits per heavy atom. The molecule has 0 fully saturated rings. The maximum atomic E-state index is 12.6. The number of rotatable bonds is 9. The quantitative estimate of drug-likeness (QED) is 0.595. The molecule has 0 aliphatic carbocycles. The van der Waals surface area contributed by atoms with Gasteiger partial charge in [0.1, 0.15) is 0 Å². The van der Waals surface area contributed by atoms with E-state index in [2.05, 4.69) is 55.7 Å². The smallest absolute Gasteiger partial charge is 0.279 e. The first kappa shape index (κ1) is 23.6. The van der Waals surface area contributed by atoms with Crippen LogP contribution in [0.25, 0.3) is 0 Å². The van der Waals surface area contributed by atoms with E-state index in [1.54, 1.807) is 0 Å². The number of nitrogens with one attached hydrogen (secondary N) is 3. The fourth-order valence-electron chi connectivity index (χ4n) is 3.63. The second kappa shape index (κ2) is 10.9. The van der Waals surface area contributed by atoms with Crippen molar-refractivity contribution < 1.29 is 14.5 Å². The Morgan fingerprint density at radius 2 is 1.50 bits per heavy atom. The number of carbonyl (C=O) groups is 2. The van der Waals surface area contributed by atoms with E-state index >= 15 is 0 Å². The van der Waals surface area contributed by atoms with Crippen LogP contribution in [-0.4, -0.2) is 32.0 Å². The third-order valence-electron chi connectivity index (χ3n) is 5.40. The van der Waals surface area contributed by atoms with Crippen molar-refractivity contribution in [1.82, 2.24) is 5.32 Å². The Hall–Kier alpha value is -2.66. The molecule has 0 bridgehead atoms. The maximum absolute atomic E-state index is 12.6. The second-order valence-corrected chi connectivity index (χ2v) is 8.51. The molecule has 0 aromatic heterocycles. The predicted molar refractivity (Wildman–Crippen MR) is 123 cm³/mol. The Kier molecular flexibility index (Phi) is 8.60. The molecule has 1 unspecified atom stereocenters. The predicted octanol–water partition coefficient (Wildman–Crippen LogP) is 2.83. The van der Waals surface area contributed by atoms with Gasteiger partial charge in [0.05, 0.1) is 13.1 Å². The van der Waals surface area contributed by atoms with Gasteiger partial charge in [-0.15, -0.1) is 0 Å². The third kappa shape index (κ3) is 6.70. The lowest BCUT2D eigenvalue weighted by Gasteiger charge is -2.24. The highest BCUT2D eigenvalue weighted by Gasteiger charge is 2.21. The molecule has 0 saturated heterocycles. The molecule has 0 aliphatic rings. The van der Waals surface area contributed by atoms with Crippen molar-refractivity contribution in [2.75, 3.05) is 25.5 Å². The van der Waals surface area contributed by atoms with Crippen molar-refractivity contribution >= 4 is 17.5 Å². The fourth-order valence-corrected chi connectivity index (χ4v) is 3.63. The highest BCUT2D eigenvalue weighted by molar-refractivity contribution is 5.93. The average molecular weight is 411 g/mol. The number of hydrogen-bond acceptors (Lipinski definition) is 2. The van der Waals surface area contributed by atoms with Gasteiger partial charge in [-0.3, -0.25) is 9.59 Å². The second-order valence-electron chi connectivity index (χ2n) is 8.51. The normalized spacial score (nSPS) is 13.0. The Balaban J connectivity index is 1.92. The molecule has 5 nitrogen and oxygen atoms in total. The summed E-state index contributed by atoms with van der Waals surface area (Å²) in [5, 5.41) is 6.14. The van der Waals surface area contributed by atoms with Crippen molar-refractivity contribution in [1.29, 1.82) is 0 Å². The molecule has 0 spiro atoms. The Morgan fingerprint density at radius 1 is 0.933 bits per heavy atom. The Labute approximate surface area is 180 Å². The van der Waals surface area contributed by atoms with Gasteiger partial charge in [-0.25, -0.2) is 0 Å². The first-order chi connectivity index (χ1) is 14.2. The minimum absolute atomic E-state index is 0.0420. The fraction of sp³-hybridized carbons (Fsp3) is 0.440. The van der Waals surface area contributed by atoms with Gasteiger partial charge in [-0.05, 0) is 48.4 Å². The molecule has 2 amide bonds. The number of benzene rings is 2. The number of likely N-dealkylation sites (N-methyl/N-ethyl adjacent to an activating group) is 1. The van der Waals surface area contributed by atoms with Gasteiger partial charge >= 0.3 is 0 Å². The van der Waals surface area contributed by atoms with Crippen molar-refractivity contribution in [2.45, 2.75) is 47.1 Å². The van der Waals surface area contributed by atoms with E-state index < -0.39 is 0 Å². The van der Waals surface area contributed by atoms with Gasteiger partial charge in [-0.2, -0.15) is 0 Å². The summed E-state index contributed by atoms with van der Waals surface area (Å²) in [5.41, 5.74) is 5.32. The number of quaternary nitrogens is 1. The summed E-state index contributed by atoms with van der Waals surface area (Å²) in [4.78, 5) is 26.0. The molecule has 2 aromatic rings. The van der Waals surface area contributed by atoms with E-state index in [0.717, 1.165) is 33.7 Å². The van der Waals surface area contributed by atoms with E-state index in [1.165, 1.54) is 5.56 Å². The van der Waals surface area contributed by atoms with Gasteiger partial charge in [0, 0.05) is 5.69 Å². The molecular formula is C25H36N3O2+. The number of para-hydroxylation sites is 1. The minimum Gasteiger partial charge on any atom is -0.344 e. The van der Waals surface area contributed by atoms with Crippen molar-refractivity contribution in [3.8, 4) is 0 Å². The summed E-state index contributed by atoms with van der Waals surface area (Å²) < 4.78 is 0. The maximum Gasteiger partial charge on any atom is 0.279 e. The van der Waals surface area contributed by atoms with E-state index in [1.807, 2.05) is 39.1 Å². The molecule has 0 radical (unpaired) electrons. The monoisotopic (exact) mass is 410 g/mol. The van der Waals surface area contributed by atoms with Gasteiger partial charge in [0.2, 0.25) is 0 Å². The molecule has 2 atom stereocenters. The van der Waals surface area contributed by atoms with Crippen molar-refractivity contribution in [3.63, 3.8) is 0 Å². The molecule has 3 N–H and O–H groups in total. The molecule has 5 heteroatoms. The van der Waals surface area contributed by atoms with Crippen LogP contribution in [0.5, 0.6) is 0 Å². The summed E-state index contributed by atoms with van der Waals surface area (Å²) >= 11 is 0. The summed E-state index contributed by atoms with van der Waals surface area (Å²) in [6, 6.07) is 14.3. The standard InChI is InChI=1S/C25H35N3O2/c1-7-20-11-13-21(14-12-20)24(17(2)3)26-22(29)15-28(6)16-23(30)27-25-18(4)9-8-10-19(25)5/h8-14,17,24H,7,15-16H2,1-6H3,(H,26,29)(H,27,30)/p+1/t24-/m0/s1. The van der Waals surface area contributed by atoms with Crippen LogP contribution < -0.4 is 15.5 Å². The van der Waals surface area contributed by atoms with Crippen LogP contribution in [0.3, 0.4) is 0 Å². The largest absolute Gasteiger partial charge is 0.344 e. The van der Waals surface area contributed by atoms with E-state index in [4.69, 9.17) is 0 Å². The minimum atomic E-state index is -0.0896. The van der Waals surface area contributed by atoms with Gasteiger partial charge < -0.3 is 15.5 Å². The van der Waals surface area contributed by atoms with Crippen LogP contribution in [0.4, 0.5) is 5.69 Å². The number of aryl methyl sites for hydroxylation is 3. The number of carbonyl (C=O) groups excluding carboxylic acids is 2. The lowest BCUT2D eigenvalue weighted by molar-refractivity contribution is -0.862. The molecule has 0 aliphatic heterocycles. The van der Waals surface area contributed by atoms with Crippen molar-refractivity contribution in [3.05, 3.63) is 64.7 Å². The van der Waals surface area contributed by atoms with Crippen LogP contribution in [0, 0.1) is 19.8 Å². The SMILES string of the molecule is CCc1ccc([C@@H](NC(=O)C[NH+](C)CC(=O)Nc2c(C)cccc2C)C(C)C)cc1. The highest BCUT2D eigenvalue weighted by Crippen LogP contribution is 2.22. The van der Waals surface area contributed by atoms with Crippen LogP contribution in [0.15, 0.2) is 42.5 Å². The zero-order valence-corrected chi connectivity index (χ0v) is 19.1. The van der Waals surface area contributed by atoms with E-state index in [0.29, 0.717) is 0 Å². The number of hydrogen-bond donors (Lipinski definition) is 3. The van der Waals surface area contributed by atoms with E-state index in [-0.39, 0.29) is 36.9 Å². The van der Waals surface area contributed by atoms with Crippen LogP contribution in [-0.2, 0) is 16.0 Å². The topological polar surface area (TPSA) is 62.6 Å². The number of anilines is 1. The number of amides is 2. The molecule has 0 heterocycles. The lowest BCUT2D eigenvalue weighted by atomic mass is 9.95. The average Bonchev–Trinajstić information content (AvgIpc) is 2.69. The molecule has 2 rings (SSSR count). The lowest BCUT2D eigenvalue weighted by Crippen LogP contribution is -3.11. The first-order valence-electron chi connectivity index (χ1n) is 10.8. The first-order valence-corrected chi connectivity index (χ1v) is 10.8. The van der Waals surface area contributed by atoms with Crippen LogP contribution >= 0.6 is 0 Å². The van der Waals surface area contributed by atoms with Gasteiger partial charge in [0.15, 0.2) is 13.1 Å². The summed E-state index contributed by atoms with van der Waals surface area (Å²) in [5.74, 6) is 0.132. The van der Waals surface area contributed by atoms with E-state index in [9.17, 15) is 9.59 Å². The molecule has 0 saturated carbocycles. The molecule has 30 heavy (non-hydrogen) atoms. The van der Waals surface area contributed by atoms with Gasteiger partial charge in [0.25, 0.3) is 11.8 Å². The summed E-state index contributed by atoms with van der Waals surface area (Å²) in [7, 11) is 1.87. The molecule has 2 aromatic carbocycles.